The summed E-state index contributed by atoms with van der Waals surface area (Å²) >= 11 is 1.26. The van der Waals surface area contributed by atoms with Crippen molar-refractivity contribution in [3.05, 3.63) is 64.8 Å². The number of sulfone groups is 1. The summed E-state index contributed by atoms with van der Waals surface area (Å²) in [5.41, 5.74) is 0.820. The molecule has 0 spiro atoms. The third-order valence-electron chi connectivity index (χ3n) is 4.41. The van der Waals surface area contributed by atoms with Crippen LogP contribution >= 0.6 is 11.3 Å². The van der Waals surface area contributed by atoms with Gasteiger partial charge in [-0.25, -0.2) is 12.8 Å². The van der Waals surface area contributed by atoms with E-state index in [1.54, 1.807) is 42.3 Å². The first-order valence-corrected chi connectivity index (χ1v) is 10.6. The molecule has 7 heteroatoms. The number of carbonyl (C=O) groups excluding carboxylic acids is 1. The highest BCUT2D eigenvalue weighted by molar-refractivity contribution is 7.90. The molecule has 0 saturated heterocycles. The number of rotatable bonds is 4. The summed E-state index contributed by atoms with van der Waals surface area (Å²) in [6.45, 7) is 1.86. The van der Waals surface area contributed by atoms with E-state index in [2.05, 4.69) is 0 Å². The predicted molar refractivity (Wildman–Crippen MR) is 102 cm³/mol. The van der Waals surface area contributed by atoms with Gasteiger partial charge in [0.2, 0.25) is 0 Å². The van der Waals surface area contributed by atoms with Crippen molar-refractivity contribution in [2.75, 3.05) is 13.3 Å². The number of hydrogen-bond donors (Lipinski definition) is 0. The zero-order valence-corrected chi connectivity index (χ0v) is 16.2. The molecule has 1 unspecified atom stereocenters. The van der Waals surface area contributed by atoms with Crippen LogP contribution in [0.5, 0.6) is 0 Å². The van der Waals surface area contributed by atoms with E-state index in [1.165, 1.54) is 29.5 Å². The first kappa shape index (κ1) is 18.5. The summed E-state index contributed by atoms with van der Waals surface area (Å²) in [4.78, 5) is 15.1. The molecule has 0 aliphatic rings. The van der Waals surface area contributed by atoms with Gasteiger partial charge in [0.25, 0.3) is 5.91 Å². The fraction of sp³-hybridized carbons (Fsp3) is 0.211. The Morgan fingerprint density at radius 2 is 1.81 bits per heavy atom. The van der Waals surface area contributed by atoms with Crippen LogP contribution in [0, 0.1) is 5.82 Å². The summed E-state index contributed by atoms with van der Waals surface area (Å²) in [7, 11) is -1.58. The van der Waals surface area contributed by atoms with Crippen LogP contribution in [-0.2, 0) is 9.84 Å². The lowest BCUT2D eigenvalue weighted by atomic mass is 10.1. The molecule has 3 aromatic rings. The molecule has 1 heterocycles. The third-order valence-corrected chi connectivity index (χ3v) is 6.63. The Labute approximate surface area is 155 Å². The molecule has 4 nitrogen and oxygen atoms in total. The number of nitrogens with zero attached hydrogens (tertiary/aromatic N) is 1. The van der Waals surface area contributed by atoms with Gasteiger partial charge in [-0.1, -0.05) is 18.2 Å². The molecular weight excluding hydrogens is 373 g/mol. The van der Waals surface area contributed by atoms with Gasteiger partial charge in [0.15, 0.2) is 9.84 Å². The van der Waals surface area contributed by atoms with Gasteiger partial charge in [0.1, 0.15) is 5.82 Å². The zero-order chi connectivity index (χ0) is 19.1. The lowest BCUT2D eigenvalue weighted by molar-refractivity contribution is 0.0747. The lowest BCUT2D eigenvalue weighted by Crippen LogP contribution is -2.29. The molecule has 0 aliphatic heterocycles. The SMILES string of the molecule is CC(c1ccc(S(C)(=O)=O)cc1)N(C)C(=O)c1cc2c(F)cccc2s1. The van der Waals surface area contributed by atoms with E-state index >= 15 is 0 Å². The Kier molecular flexibility index (Phi) is 4.86. The summed E-state index contributed by atoms with van der Waals surface area (Å²) in [6.07, 6.45) is 1.15. The van der Waals surface area contributed by atoms with Crippen molar-refractivity contribution in [1.29, 1.82) is 0 Å². The van der Waals surface area contributed by atoms with Gasteiger partial charge in [-0.05, 0) is 42.8 Å². The van der Waals surface area contributed by atoms with E-state index in [4.69, 9.17) is 0 Å². The van der Waals surface area contributed by atoms with Crippen LogP contribution in [0.1, 0.15) is 28.2 Å². The average molecular weight is 391 g/mol. The van der Waals surface area contributed by atoms with Crippen molar-refractivity contribution in [3.8, 4) is 0 Å². The normalized spacial score (nSPS) is 12.9. The second-order valence-electron chi connectivity index (χ2n) is 6.20. The summed E-state index contributed by atoms with van der Waals surface area (Å²) < 4.78 is 37.7. The zero-order valence-electron chi connectivity index (χ0n) is 14.6. The maximum Gasteiger partial charge on any atom is 0.264 e. The fourth-order valence-electron chi connectivity index (χ4n) is 2.70. The van der Waals surface area contributed by atoms with Crippen molar-refractivity contribution in [1.82, 2.24) is 4.90 Å². The largest absolute Gasteiger partial charge is 0.334 e. The number of amides is 1. The summed E-state index contributed by atoms with van der Waals surface area (Å²) in [5.74, 6) is -0.546. The van der Waals surface area contributed by atoms with Crippen molar-refractivity contribution in [2.24, 2.45) is 0 Å². The minimum Gasteiger partial charge on any atom is -0.334 e. The molecule has 1 aromatic heterocycles. The maximum absolute atomic E-state index is 13.9. The van der Waals surface area contributed by atoms with Gasteiger partial charge in [-0.3, -0.25) is 4.79 Å². The molecule has 0 fully saturated rings. The highest BCUT2D eigenvalue weighted by Gasteiger charge is 2.21. The number of hydrogen-bond acceptors (Lipinski definition) is 4. The minimum atomic E-state index is -3.26. The molecule has 2 aromatic carbocycles. The topological polar surface area (TPSA) is 54.5 Å². The molecule has 0 aliphatic carbocycles. The molecule has 0 bridgehead atoms. The van der Waals surface area contributed by atoms with E-state index in [0.717, 1.165) is 16.5 Å². The van der Waals surface area contributed by atoms with Crippen LogP contribution in [0.3, 0.4) is 0 Å². The third kappa shape index (κ3) is 3.50. The van der Waals surface area contributed by atoms with E-state index in [1.807, 2.05) is 6.92 Å². The van der Waals surface area contributed by atoms with Crippen LogP contribution < -0.4 is 0 Å². The van der Waals surface area contributed by atoms with Gasteiger partial charge in [0.05, 0.1) is 15.8 Å². The Morgan fingerprint density at radius 3 is 2.38 bits per heavy atom. The Morgan fingerprint density at radius 1 is 1.15 bits per heavy atom. The van der Waals surface area contributed by atoms with Gasteiger partial charge >= 0.3 is 0 Å². The van der Waals surface area contributed by atoms with Gasteiger partial charge in [-0.15, -0.1) is 11.3 Å². The first-order chi connectivity index (χ1) is 12.2. The van der Waals surface area contributed by atoms with Crippen molar-refractivity contribution >= 4 is 37.2 Å². The standard InChI is InChI=1S/C19H18FNO3S2/c1-12(13-7-9-14(10-8-13)26(3,23)24)21(2)19(22)18-11-15-16(20)5-4-6-17(15)25-18/h4-12H,1-3H3. The number of halogens is 1. The van der Waals surface area contributed by atoms with E-state index in [-0.39, 0.29) is 22.7 Å². The monoisotopic (exact) mass is 391 g/mol. The molecule has 0 N–H and O–H groups in total. The van der Waals surface area contributed by atoms with Crippen molar-refractivity contribution < 1.29 is 17.6 Å². The molecule has 0 saturated carbocycles. The second-order valence-corrected chi connectivity index (χ2v) is 9.30. The summed E-state index contributed by atoms with van der Waals surface area (Å²) in [5, 5.41) is 0.444. The van der Waals surface area contributed by atoms with E-state index < -0.39 is 9.84 Å². The minimum absolute atomic E-state index is 0.203. The van der Waals surface area contributed by atoms with Crippen LogP contribution in [0.2, 0.25) is 0 Å². The highest BCUT2D eigenvalue weighted by Crippen LogP contribution is 2.30. The second kappa shape index (κ2) is 6.81. The van der Waals surface area contributed by atoms with Crippen LogP contribution in [0.25, 0.3) is 10.1 Å². The Hall–Kier alpha value is -2.25. The molecule has 3 rings (SSSR count). The number of thiophene rings is 1. The molecule has 1 amide bonds. The van der Waals surface area contributed by atoms with Gasteiger partial charge in [0, 0.05) is 23.4 Å². The average Bonchev–Trinajstić information content (AvgIpc) is 3.05. The van der Waals surface area contributed by atoms with Crippen LogP contribution in [0.4, 0.5) is 4.39 Å². The van der Waals surface area contributed by atoms with Crippen molar-refractivity contribution in [2.45, 2.75) is 17.9 Å². The Bertz CT molecular complexity index is 1070. The molecule has 0 radical (unpaired) electrons. The fourth-order valence-corrected chi connectivity index (χ4v) is 4.39. The van der Waals surface area contributed by atoms with Gasteiger partial charge in [-0.2, -0.15) is 0 Å². The molecule has 26 heavy (non-hydrogen) atoms. The van der Waals surface area contributed by atoms with Crippen LogP contribution in [0.15, 0.2) is 53.4 Å². The highest BCUT2D eigenvalue weighted by atomic mass is 32.2. The van der Waals surface area contributed by atoms with Gasteiger partial charge < -0.3 is 4.90 Å². The number of benzene rings is 2. The molecular formula is C19H18FNO3S2. The van der Waals surface area contributed by atoms with E-state index in [0.29, 0.717) is 10.3 Å². The smallest absolute Gasteiger partial charge is 0.264 e. The number of fused-ring (bicyclic) bond motifs is 1. The van der Waals surface area contributed by atoms with Crippen LogP contribution in [-0.4, -0.2) is 32.5 Å². The van der Waals surface area contributed by atoms with E-state index in [9.17, 15) is 17.6 Å². The Balaban J connectivity index is 1.86. The quantitative estimate of drug-likeness (QED) is 0.667. The molecule has 1 atom stereocenters. The number of carbonyl (C=O) groups is 1. The first-order valence-electron chi connectivity index (χ1n) is 7.93. The van der Waals surface area contributed by atoms with Crippen molar-refractivity contribution in [3.63, 3.8) is 0 Å². The molecule has 136 valence electrons. The summed E-state index contributed by atoms with van der Waals surface area (Å²) in [6, 6.07) is 12.6. The lowest BCUT2D eigenvalue weighted by Gasteiger charge is -2.25. The maximum atomic E-state index is 13.9. The predicted octanol–water partition coefficient (Wildman–Crippen LogP) is 4.28.